The molecular formula is C12H12Br2N2O. The molecule has 0 saturated heterocycles. The number of aromatic nitrogens is 2. The van der Waals surface area contributed by atoms with Crippen molar-refractivity contribution < 1.29 is 4.52 Å². The molecule has 2 aromatic rings. The third-order valence-electron chi connectivity index (χ3n) is 2.50. The first-order valence-electron chi connectivity index (χ1n) is 5.36. The zero-order valence-electron chi connectivity index (χ0n) is 9.58. The molecule has 0 spiro atoms. The molecule has 0 aliphatic rings. The number of benzene rings is 1. The van der Waals surface area contributed by atoms with Crippen LogP contribution in [-0.2, 0) is 0 Å². The predicted molar refractivity (Wildman–Crippen MR) is 74.1 cm³/mol. The highest BCUT2D eigenvalue weighted by Crippen LogP contribution is 2.28. The number of halogens is 2. The lowest BCUT2D eigenvalue weighted by Crippen LogP contribution is -1.88. The second-order valence-electron chi connectivity index (χ2n) is 3.80. The minimum Gasteiger partial charge on any atom is -0.338 e. The first-order valence-corrected chi connectivity index (χ1v) is 7.07. The van der Waals surface area contributed by atoms with Crippen molar-refractivity contribution in [3.05, 3.63) is 34.1 Å². The van der Waals surface area contributed by atoms with E-state index in [0.717, 1.165) is 16.5 Å². The van der Waals surface area contributed by atoms with Crippen LogP contribution in [0.2, 0.25) is 0 Å². The number of rotatable bonds is 3. The van der Waals surface area contributed by atoms with E-state index in [2.05, 4.69) is 48.9 Å². The summed E-state index contributed by atoms with van der Waals surface area (Å²) < 4.78 is 6.27. The Bertz CT molecular complexity index is 525. The van der Waals surface area contributed by atoms with Gasteiger partial charge >= 0.3 is 0 Å². The SMILES string of the molecule is CCC(Br)c1nc(-c2ccc(C)c(Br)c2)no1. The molecule has 0 radical (unpaired) electrons. The Hall–Kier alpha value is -0.680. The summed E-state index contributed by atoms with van der Waals surface area (Å²) in [5, 5.41) is 3.99. The predicted octanol–water partition coefficient (Wildman–Crippen LogP) is 4.65. The molecule has 0 aliphatic carbocycles. The summed E-state index contributed by atoms with van der Waals surface area (Å²) in [5.74, 6) is 1.25. The minimum absolute atomic E-state index is 0.123. The van der Waals surface area contributed by atoms with Crippen molar-refractivity contribution >= 4 is 31.9 Å². The molecule has 0 N–H and O–H groups in total. The fourth-order valence-electron chi connectivity index (χ4n) is 1.39. The molecule has 1 heterocycles. The van der Waals surface area contributed by atoms with Crippen molar-refractivity contribution in [2.24, 2.45) is 0 Å². The highest BCUT2D eigenvalue weighted by Gasteiger charge is 2.15. The zero-order valence-corrected chi connectivity index (χ0v) is 12.7. The van der Waals surface area contributed by atoms with E-state index >= 15 is 0 Å². The van der Waals surface area contributed by atoms with Crippen molar-refractivity contribution in [3.63, 3.8) is 0 Å². The van der Waals surface area contributed by atoms with Crippen LogP contribution in [-0.4, -0.2) is 10.1 Å². The lowest BCUT2D eigenvalue weighted by atomic mass is 10.1. The fraction of sp³-hybridized carbons (Fsp3) is 0.333. The minimum atomic E-state index is 0.123. The number of nitrogens with zero attached hydrogens (tertiary/aromatic N) is 2. The van der Waals surface area contributed by atoms with Gasteiger partial charge in [0.05, 0.1) is 4.83 Å². The van der Waals surface area contributed by atoms with Crippen molar-refractivity contribution in [1.29, 1.82) is 0 Å². The molecule has 0 fully saturated rings. The van der Waals surface area contributed by atoms with Crippen LogP contribution in [0.25, 0.3) is 11.4 Å². The van der Waals surface area contributed by atoms with E-state index in [1.165, 1.54) is 5.56 Å². The van der Waals surface area contributed by atoms with Crippen molar-refractivity contribution in [2.75, 3.05) is 0 Å². The molecule has 1 atom stereocenters. The zero-order chi connectivity index (χ0) is 12.4. The van der Waals surface area contributed by atoms with Gasteiger partial charge < -0.3 is 4.52 Å². The van der Waals surface area contributed by atoms with Crippen LogP contribution in [0.3, 0.4) is 0 Å². The topological polar surface area (TPSA) is 38.9 Å². The summed E-state index contributed by atoms with van der Waals surface area (Å²) in [6.45, 7) is 4.10. The monoisotopic (exact) mass is 358 g/mol. The molecule has 5 heteroatoms. The van der Waals surface area contributed by atoms with Crippen LogP contribution in [0.4, 0.5) is 0 Å². The molecule has 2 rings (SSSR count). The van der Waals surface area contributed by atoms with Gasteiger partial charge in [0.1, 0.15) is 0 Å². The fourth-order valence-corrected chi connectivity index (χ4v) is 1.95. The van der Waals surface area contributed by atoms with Gasteiger partial charge in [-0.05, 0) is 25.0 Å². The molecule has 3 nitrogen and oxygen atoms in total. The van der Waals surface area contributed by atoms with Gasteiger partial charge in [-0.25, -0.2) is 0 Å². The van der Waals surface area contributed by atoms with E-state index in [-0.39, 0.29) is 4.83 Å². The second kappa shape index (κ2) is 5.31. The van der Waals surface area contributed by atoms with Crippen molar-refractivity contribution in [1.82, 2.24) is 10.1 Å². The Morgan fingerprint density at radius 2 is 2.18 bits per heavy atom. The molecule has 1 aromatic heterocycles. The molecule has 0 amide bonds. The number of aryl methyl sites for hydroxylation is 1. The first kappa shape index (κ1) is 12.8. The molecule has 0 bridgehead atoms. The summed E-state index contributed by atoms with van der Waals surface area (Å²) in [6.07, 6.45) is 0.916. The first-order chi connectivity index (χ1) is 8.11. The number of hydrogen-bond donors (Lipinski definition) is 0. The summed E-state index contributed by atoms with van der Waals surface area (Å²) in [7, 11) is 0. The maximum atomic E-state index is 5.22. The molecule has 17 heavy (non-hydrogen) atoms. The molecule has 90 valence electrons. The van der Waals surface area contributed by atoms with E-state index in [1.807, 2.05) is 25.1 Å². The third kappa shape index (κ3) is 2.77. The average molecular weight is 360 g/mol. The molecule has 0 aliphatic heterocycles. The largest absolute Gasteiger partial charge is 0.338 e. The molecular weight excluding hydrogens is 348 g/mol. The molecule has 0 saturated carbocycles. The quantitative estimate of drug-likeness (QED) is 0.748. The van der Waals surface area contributed by atoms with E-state index in [4.69, 9.17) is 4.52 Å². The van der Waals surface area contributed by atoms with Crippen molar-refractivity contribution in [2.45, 2.75) is 25.1 Å². The van der Waals surface area contributed by atoms with Crippen LogP contribution in [0.5, 0.6) is 0 Å². The Labute approximate surface area is 117 Å². The summed E-state index contributed by atoms with van der Waals surface area (Å²) in [5.41, 5.74) is 2.14. The van der Waals surface area contributed by atoms with Gasteiger partial charge in [-0.1, -0.05) is 56.1 Å². The van der Waals surface area contributed by atoms with Crippen LogP contribution in [0.1, 0.15) is 29.6 Å². The van der Waals surface area contributed by atoms with Gasteiger partial charge in [-0.15, -0.1) is 0 Å². The van der Waals surface area contributed by atoms with E-state index in [9.17, 15) is 0 Å². The van der Waals surface area contributed by atoms with E-state index in [1.54, 1.807) is 0 Å². The Balaban J connectivity index is 2.33. The van der Waals surface area contributed by atoms with Crippen molar-refractivity contribution in [3.8, 4) is 11.4 Å². The number of hydrogen-bond acceptors (Lipinski definition) is 3. The van der Waals surface area contributed by atoms with E-state index < -0.39 is 0 Å². The van der Waals surface area contributed by atoms with Crippen LogP contribution in [0, 0.1) is 6.92 Å². The highest BCUT2D eigenvalue weighted by atomic mass is 79.9. The maximum absolute atomic E-state index is 5.22. The van der Waals surface area contributed by atoms with Gasteiger partial charge in [0.2, 0.25) is 11.7 Å². The molecule has 1 aromatic carbocycles. The van der Waals surface area contributed by atoms with Gasteiger partial charge in [0.25, 0.3) is 0 Å². The van der Waals surface area contributed by atoms with Gasteiger partial charge in [-0.3, -0.25) is 0 Å². The lowest BCUT2D eigenvalue weighted by molar-refractivity contribution is 0.377. The third-order valence-corrected chi connectivity index (χ3v) is 4.39. The van der Waals surface area contributed by atoms with Crippen LogP contribution < -0.4 is 0 Å². The van der Waals surface area contributed by atoms with Gasteiger partial charge in [0.15, 0.2) is 0 Å². The normalized spacial score (nSPS) is 12.7. The smallest absolute Gasteiger partial charge is 0.240 e. The second-order valence-corrected chi connectivity index (χ2v) is 5.76. The Kier molecular flexibility index (Phi) is 3.99. The summed E-state index contributed by atoms with van der Waals surface area (Å²) in [4.78, 5) is 4.50. The Morgan fingerprint density at radius 1 is 1.41 bits per heavy atom. The lowest BCUT2D eigenvalue weighted by Gasteiger charge is -1.99. The van der Waals surface area contributed by atoms with Gasteiger partial charge in [-0.2, -0.15) is 4.98 Å². The standard InChI is InChI=1S/C12H12Br2N2O/c1-3-9(13)12-15-11(16-17-12)8-5-4-7(2)10(14)6-8/h4-6,9H,3H2,1-2H3. The summed E-state index contributed by atoms with van der Waals surface area (Å²) >= 11 is 6.99. The average Bonchev–Trinajstić information content (AvgIpc) is 2.81. The molecule has 1 unspecified atom stereocenters. The summed E-state index contributed by atoms with van der Waals surface area (Å²) in [6, 6.07) is 6.02. The van der Waals surface area contributed by atoms with Crippen LogP contribution >= 0.6 is 31.9 Å². The highest BCUT2D eigenvalue weighted by molar-refractivity contribution is 9.10. The van der Waals surface area contributed by atoms with Crippen LogP contribution in [0.15, 0.2) is 27.2 Å². The number of alkyl halides is 1. The van der Waals surface area contributed by atoms with E-state index in [0.29, 0.717) is 11.7 Å². The van der Waals surface area contributed by atoms with Gasteiger partial charge in [0, 0.05) is 10.0 Å². The maximum Gasteiger partial charge on any atom is 0.240 e. The Morgan fingerprint density at radius 3 is 2.82 bits per heavy atom.